The van der Waals surface area contributed by atoms with Crippen LogP contribution in [0, 0.1) is 0 Å². The first kappa shape index (κ1) is 14.4. The number of nitrogens with zero attached hydrogens (tertiary/aromatic N) is 2. The minimum absolute atomic E-state index is 0.409. The van der Waals surface area contributed by atoms with Crippen LogP contribution in [0.3, 0.4) is 0 Å². The Balaban J connectivity index is 1.96. The van der Waals surface area contributed by atoms with Crippen molar-refractivity contribution in [2.75, 3.05) is 7.05 Å². The summed E-state index contributed by atoms with van der Waals surface area (Å²) >= 11 is 7.00. The molecule has 1 heterocycles. The summed E-state index contributed by atoms with van der Waals surface area (Å²) in [6, 6.07) is 3.10. The third kappa shape index (κ3) is 3.76. The summed E-state index contributed by atoms with van der Waals surface area (Å²) in [4.78, 5) is 6.86. The first-order chi connectivity index (χ1) is 8.56. The zero-order valence-corrected chi connectivity index (χ0v) is 13.7. The molecule has 2 rings (SSSR count). The van der Waals surface area contributed by atoms with Crippen LogP contribution in [0.2, 0.25) is 0 Å². The second kappa shape index (κ2) is 6.46. The van der Waals surface area contributed by atoms with Gasteiger partial charge in [-0.3, -0.25) is 9.88 Å². The maximum absolute atomic E-state index is 5.95. The van der Waals surface area contributed by atoms with Crippen LogP contribution in [0.5, 0.6) is 0 Å². The van der Waals surface area contributed by atoms with Gasteiger partial charge < -0.3 is 5.73 Å². The predicted octanol–water partition coefficient (Wildman–Crippen LogP) is 3.31. The molecule has 1 fully saturated rings. The lowest BCUT2D eigenvalue weighted by Gasteiger charge is -2.33. The van der Waals surface area contributed by atoms with Crippen molar-refractivity contribution < 1.29 is 0 Å². The Morgan fingerprint density at radius 1 is 1.33 bits per heavy atom. The number of halogens is 2. The van der Waals surface area contributed by atoms with Gasteiger partial charge in [-0.2, -0.15) is 0 Å². The van der Waals surface area contributed by atoms with E-state index >= 15 is 0 Å². The quantitative estimate of drug-likeness (QED) is 0.879. The third-order valence-corrected chi connectivity index (χ3v) is 4.77. The van der Waals surface area contributed by atoms with Crippen LogP contribution in [0.4, 0.5) is 0 Å². The molecule has 0 aromatic carbocycles. The molecule has 3 nitrogen and oxygen atoms in total. The molecule has 100 valence electrons. The van der Waals surface area contributed by atoms with Gasteiger partial charge in [-0.05, 0) is 70.7 Å². The fraction of sp³-hybridized carbons (Fsp3) is 0.615. The van der Waals surface area contributed by atoms with Crippen molar-refractivity contribution in [3.63, 3.8) is 0 Å². The average molecular weight is 377 g/mol. The van der Waals surface area contributed by atoms with Crippen LogP contribution in [-0.4, -0.2) is 29.0 Å². The van der Waals surface area contributed by atoms with Gasteiger partial charge in [0, 0.05) is 33.8 Å². The van der Waals surface area contributed by atoms with Gasteiger partial charge in [0.15, 0.2) is 0 Å². The summed E-state index contributed by atoms with van der Waals surface area (Å²) in [5, 5.41) is 0. The van der Waals surface area contributed by atoms with E-state index in [0.29, 0.717) is 12.1 Å². The molecule has 18 heavy (non-hydrogen) atoms. The number of rotatable bonds is 3. The maximum atomic E-state index is 5.95. The normalized spacial score (nSPS) is 24.5. The van der Waals surface area contributed by atoms with Crippen molar-refractivity contribution in [3.05, 3.63) is 26.9 Å². The Kier molecular flexibility index (Phi) is 5.18. The summed E-state index contributed by atoms with van der Waals surface area (Å²) in [6.45, 7) is 0.883. The Morgan fingerprint density at radius 2 is 2.00 bits per heavy atom. The van der Waals surface area contributed by atoms with Gasteiger partial charge in [-0.1, -0.05) is 0 Å². The molecule has 1 aliphatic rings. The lowest BCUT2D eigenvalue weighted by atomic mass is 9.91. The number of hydrogen-bond donors (Lipinski definition) is 1. The van der Waals surface area contributed by atoms with Crippen molar-refractivity contribution in [1.82, 2.24) is 9.88 Å². The highest BCUT2D eigenvalue weighted by Gasteiger charge is 2.22. The summed E-state index contributed by atoms with van der Waals surface area (Å²) in [7, 11) is 2.18. The number of aromatic nitrogens is 1. The molecule has 0 spiro atoms. The van der Waals surface area contributed by atoms with Gasteiger partial charge in [-0.25, -0.2) is 0 Å². The Bertz CT molecular complexity index is 403. The first-order valence-corrected chi connectivity index (χ1v) is 7.90. The summed E-state index contributed by atoms with van der Waals surface area (Å²) in [5.41, 5.74) is 7.04. The first-order valence-electron chi connectivity index (χ1n) is 6.32. The molecule has 0 atom stereocenters. The number of hydrogen-bond acceptors (Lipinski definition) is 3. The van der Waals surface area contributed by atoms with Crippen molar-refractivity contribution in [1.29, 1.82) is 0 Å². The van der Waals surface area contributed by atoms with Crippen molar-refractivity contribution >= 4 is 31.9 Å². The molecule has 0 saturated heterocycles. The molecule has 0 bridgehead atoms. The van der Waals surface area contributed by atoms with Gasteiger partial charge in [0.25, 0.3) is 0 Å². The molecule has 0 unspecified atom stereocenters. The zero-order chi connectivity index (χ0) is 13.1. The number of nitrogens with two attached hydrogens (primary N) is 1. The van der Waals surface area contributed by atoms with Gasteiger partial charge in [-0.15, -0.1) is 0 Å². The highest BCUT2D eigenvalue weighted by molar-refractivity contribution is 9.11. The van der Waals surface area contributed by atoms with E-state index in [4.69, 9.17) is 5.73 Å². The second-order valence-corrected chi connectivity index (χ2v) is 6.84. The Labute approximate surface area is 125 Å². The topological polar surface area (TPSA) is 42.2 Å². The second-order valence-electron chi connectivity index (χ2n) is 5.07. The zero-order valence-electron chi connectivity index (χ0n) is 10.6. The largest absolute Gasteiger partial charge is 0.328 e. The fourth-order valence-electron chi connectivity index (χ4n) is 2.47. The van der Waals surface area contributed by atoms with E-state index in [1.165, 1.54) is 12.8 Å². The lowest BCUT2D eigenvalue weighted by Crippen LogP contribution is -2.38. The molecular weight excluding hydrogens is 358 g/mol. The Morgan fingerprint density at radius 3 is 2.61 bits per heavy atom. The maximum Gasteiger partial charge on any atom is 0.0686 e. The molecule has 0 radical (unpaired) electrons. The van der Waals surface area contributed by atoms with E-state index in [1.54, 1.807) is 0 Å². The van der Waals surface area contributed by atoms with Crippen molar-refractivity contribution in [2.24, 2.45) is 5.73 Å². The van der Waals surface area contributed by atoms with Crippen LogP contribution in [0.25, 0.3) is 0 Å². The van der Waals surface area contributed by atoms with E-state index in [2.05, 4.69) is 48.8 Å². The average Bonchev–Trinajstić information content (AvgIpc) is 2.33. The molecule has 0 amide bonds. The molecular formula is C13H19Br2N3. The van der Waals surface area contributed by atoms with Crippen LogP contribution in [-0.2, 0) is 6.54 Å². The molecule has 1 saturated carbocycles. The van der Waals surface area contributed by atoms with E-state index in [9.17, 15) is 0 Å². The summed E-state index contributed by atoms with van der Waals surface area (Å²) in [5.74, 6) is 0. The molecule has 5 heteroatoms. The van der Waals surface area contributed by atoms with Crippen LogP contribution >= 0.6 is 31.9 Å². The van der Waals surface area contributed by atoms with Gasteiger partial charge >= 0.3 is 0 Å². The van der Waals surface area contributed by atoms with Crippen molar-refractivity contribution in [2.45, 2.75) is 44.3 Å². The standard InChI is InChI=1S/C13H19Br2N3/c1-18(11-4-2-10(16)3-5-11)8-13-12(15)6-9(14)7-17-13/h6-7,10-11H,2-5,8,16H2,1H3. The summed E-state index contributed by atoms with van der Waals surface area (Å²) in [6.07, 6.45) is 6.54. The van der Waals surface area contributed by atoms with Crippen LogP contribution in [0.1, 0.15) is 31.4 Å². The monoisotopic (exact) mass is 375 g/mol. The third-order valence-electron chi connectivity index (χ3n) is 3.65. The predicted molar refractivity (Wildman–Crippen MR) is 81.3 cm³/mol. The van der Waals surface area contributed by atoms with E-state index < -0.39 is 0 Å². The van der Waals surface area contributed by atoms with E-state index in [-0.39, 0.29) is 0 Å². The lowest BCUT2D eigenvalue weighted by molar-refractivity contribution is 0.174. The minimum Gasteiger partial charge on any atom is -0.328 e. The summed E-state index contributed by atoms with van der Waals surface area (Å²) < 4.78 is 2.07. The van der Waals surface area contributed by atoms with Gasteiger partial charge in [0.2, 0.25) is 0 Å². The minimum atomic E-state index is 0.409. The van der Waals surface area contributed by atoms with Crippen molar-refractivity contribution in [3.8, 4) is 0 Å². The van der Waals surface area contributed by atoms with E-state index in [1.807, 2.05) is 12.3 Å². The molecule has 1 aliphatic carbocycles. The highest BCUT2D eigenvalue weighted by atomic mass is 79.9. The highest BCUT2D eigenvalue weighted by Crippen LogP contribution is 2.25. The molecule has 2 N–H and O–H groups in total. The number of pyridine rings is 1. The SMILES string of the molecule is CN(Cc1ncc(Br)cc1Br)C1CCC(N)CC1. The smallest absolute Gasteiger partial charge is 0.0686 e. The van der Waals surface area contributed by atoms with Crippen LogP contribution in [0.15, 0.2) is 21.2 Å². The molecule has 0 aliphatic heterocycles. The molecule has 1 aromatic heterocycles. The molecule has 1 aromatic rings. The van der Waals surface area contributed by atoms with Gasteiger partial charge in [0.05, 0.1) is 5.69 Å². The van der Waals surface area contributed by atoms with Crippen LogP contribution < -0.4 is 5.73 Å². The fourth-order valence-corrected chi connectivity index (χ4v) is 3.58. The van der Waals surface area contributed by atoms with Gasteiger partial charge in [0.1, 0.15) is 0 Å². The Hall–Kier alpha value is 0.0300. The van der Waals surface area contributed by atoms with E-state index in [0.717, 1.165) is 34.0 Å².